The molecule has 0 saturated carbocycles. The molecule has 0 aliphatic carbocycles. The van der Waals surface area contributed by atoms with Crippen LogP contribution in [0.4, 0.5) is 0 Å². The number of nitrogens with one attached hydrogen (secondary N) is 2. The van der Waals surface area contributed by atoms with E-state index in [1.807, 2.05) is 0 Å². The number of hydrogen-bond acceptors (Lipinski definition) is 13. The summed E-state index contributed by atoms with van der Waals surface area (Å²) in [6.45, 7) is -0.772. The third-order valence-electron chi connectivity index (χ3n) is 7.88. The number of esters is 1. The molecular formula is C33H31N3O13. The van der Waals surface area contributed by atoms with Gasteiger partial charge >= 0.3 is 11.9 Å². The molecule has 1 saturated heterocycles. The predicted octanol–water partition coefficient (Wildman–Crippen LogP) is 0.946. The van der Waals surface area contributed by atoms with Gasteiger partial charge < -0.3 is 53.7 Å². The molecule has 0 amide bonds. The molecule has 0 spiro atoms. The number of aromatic amines is 1. The molecule has 2 aromatic carbocycles. The van der Waals surface area contributed by atoms with Crippen LogP contribution in [0, 0.1) is 0 Å². The van der Waals surface area contributed by atoms with Crippen molar-refractivity contribution in [2.75, 3.05) is 13.2 Å². The highest BCUT2D eigenvalue weighted by molar-refractivity contribution is 5.98. The fourth-order valence-electron chi connectivity index (χ4n) is 5.33. The van der Waals surface area contributed by atoms with Crippen LogP contribution in [0.15, 0.2) is 82.6 Å². The zero-order chi connectivity index (χ0) is 34.7. The Morgan fingerprint density at radius 2 is 1.88 bits per heavy atom. The Hall–Kier alpha value is -5.68. The van der Waals surface area contributed by atoms with Gasteiger partial charge in [-0.2, -0.15) is 4.73 Å². The van der Waals surface area contributed by atoms with Crippen LogP contribution in [0.25, 0.3) is 33.0 Å². The highest BCUT2D eigenvalue weighted by Crippen LogP contribution is 2.29. The van der Waals surface area contributed by atoms with Crippen LogP contribution in [0.2, 0.25) is 0 Å². The fraction of sp³-hybridized carbons (Fsp3) is 0.273. The summed E-state index contributed by atoms with van der Waals surface area (Å²) < 4.78 is 24.2. The number of carboxylic acid groups (broad SMARTS) is 1. The van der Waals surface area contributed by atoms with Gasteiger partial charge in [0, 0.05) is 30.6 Å². The molecule has 6 N–H and O–H groups in total. The van der Waals surface area contributed by atoms with Crippen molar-refractivity contribution in [2.24, 2.45) is 0 Å². The lowest BCUT2D eigenvalue weighted by molar-refractivity contribution is -0.288. The average Bonchev–Trinajstić information content (AvgIpc) is 3.68. The first-order valence-electron chi connectivity index (χ1n) is 15.0. The van der Waals surface area contributed by atoms with Crippen LogP contribution in [0.1, 0.15) is 6.42 Å². The molecule has 1 aliphatic heterocycles. The number of H-pyrrole nitrogens is 1. The topological polar surface area (TPSA) is 232 Å². The van der Waals surface area contributed by atoms with Crippen molar-refractivity contribution < 1.29 is 58.3 Å². The molecule has 49 heavy (non-hydrogen) atoms. The van der Waals surface area contributed by atoms with E-state index in [1.54, 1.807) is 36.8 Å². The second-order valence-electron chi connectivity index (χ2n) is 11.2. The number of rotatable bonds is 13. The zero-order valence-corrected chi connectivity index (χ0v) is 25.5. The Labute approximate surface area is 275 Å². The summed E-state index contributed by atoms with van der Waals surface area (Å²) in [5.74, 6) is -2.59. The van der Waals surface area contributed by atoms with Gasteiger partial charge in [-0.1, -0.05) is 12.1 Å². The first-order valence-corrected chi connectivity index (χ1v) is 15.0. The number of aliphatic carboxylic acids is 1. The third kappa shape index (κ3) is 7.12. The molecule has 6 atom stereocenters. The molecule has 5 aromatic rings. The van der Waals surface area contributed by atoms with Crippen LogP contribution < -0.4 is 20.3 Å². The number of nitrogens with zero attached hydrogens (tertiary/aromatic N) is 1. The molecule has 0 unspecified atom stereocenters. The lowest BCUT2D eigenvalue weighted by Gasteiger charge is -2.41. The summed E-state index contributed by atoms with van der Waals surface area (Å²) in [5, 5.41) is 44.6. The molecule has 256 valence electrons. The van der Waals surface area contributed by atoms with Gasteiger partial charge in [0.1, 0.15) is 54.6 Å². The Kier molecular flexibility index (Phi) is 9.63. The highest BCUT2D eigenvalue weighted by Gasteiger charge is 2.49. The number of carboxylic acids is 1. The fourth-order valence-corrected chi connectivity index (χ4v) is 5.33. The number of aldehydes is 1. The standard InChI is InChI=1S/C33H31N3O13/c37-11-1-9-35-26(31(42)43)32(44)46-16-25-28(40)29(41)30(49-36-13-18-8-10-34-23(18)14-36)33(48-25)47-20-6-7-21-24(12-20)45-15-22(27(21)39)17-2-4-19(38)5-3-17/h2-8,10-15,25-26,28-30,33-35,38,40-41H,1,9,16H2,(H,42,43)/t25-,26-,28-,29+,30-,33-/m0/s1. The lowest BCUT2D eigenvalue weighted by atomic mass is 9.99. The summed E-state index contributed by atoms with van der Waals surface area (Å²) >= 11 is 0. The maximum Gasteiger partial charge on any atom is 0.334 e. The van der Waals surface area contributed by atoms with Crippen molar-refractivity contribution in [3.05, 3.63) is 83.6 Å². The van der Waals surface area contributed by atoms with Crippen molar-refractivity contribution in [2.45, 2.75) is 43.2 Å². The zero-order valence-electron chi connectivity index (χ0n) is 25.5. The molecule has 1 fully saturated rings. The number of aromatic hydroxyl groups is 1. The van der Waals surface area contributed by atoms with Crippen LogP contribution >= 0.6 is 0 Å². The lowest BCUT2D eigenvalue weighted by Crippen LogP contribution is -2.63. The molecule has 4 heterocycles. The van der Waals surface area contributed by atoms with E-state index in [0.717, 1.165) is 10.9 Å². The Bertz CT molecular complexity index is 1990. The number of aliphatic hydroxyl groups excluding tert-OH is 2. The minimum absolute atomic E-state index is 0.0391. The first kappa shape index (κ1) is 33.2. The third-order valence-corrected chi connectivity index (χ3v) is 7.88. The number of aliphatic hydroxyl groups is 2. The predicted molar refractivity (Wildman–Crippen MR) is 169 cm³/mol. The maximum atomic E-state index is 13.3. The number of benzene rings is 2. The van der Waals surface area contributed by atoms with E-state index in [-0.39, 0.29) is 46.4 Å². The Morgan fingerprint density at radius 3 is 2.61 bits per heavy atom. The number of carbonyl (C=O) groups excluding carboxylic acids is 2. The minimum atomic E-state index is -1.80. The van der Waals surface area contributed by atoms with Gasteiger partial charge in [0.25, 0.3) is 0 Å². The van der Waals surface area contributed by atoms with Gasteiger partial charge in [0.05, 0.1) is 28.9 Å². The van der Waals surface area contributed by atoms with Crippen LogP contribution in [-0.2, 0) is 23.9 Å². The van der Waals surface area contributed by atoms with Crippen molar-refractivity contribution in [3.63, 3.8) is 0 Å². The van der Waals surface area contributed by atoms with Gasteiger partial charge in [0.2, 0.25) is 18.4 Å². The monoisotopic (exact) mass is 677 g/mol. The van der Waals surface area contributed by atoms with Crippen molar-refractivity contribution in [1.82, 2.24) is 15.0 Å². The van der Waals surface area contributed by atoms with E-state index in [0.29, 0.717) is 11.8 Å². The van der Waals surface area contributed by atoms with Gasteiger partial charge in [-0.25, -0.2) is 9.59 Å². The number of phenols is 1. The van der Waals surface area contributed by atoms with E-state index in [9.17, 15) is 39.6 Å². The van der Waals surface area contributed by atoms with Crippen molar-refractivity contribution in [1.29, 1.82) is 0 Å². The molecular weight excluding hydrogens is 646 g/mol. The van der Waals surface area contributed by atoms with Crippen molar-refractivity contribution in [3.8, 4) is 22.6 Å². The average molecular weight is 678 g/mol. The summed E-state index contributed by atoms with van der Waals surface area (Å²) in [7, 11) is 0. The smallest absolute Gasteiger partial charge is 0.334 e. The number of aromatic nitrogens is 2. The molecule has 3 aromatic heterocycles. The van der Waals surface area contributed by atoms with Crippen LogP contribution in [-0.4, -0.2) is 98.3 Å². The molecule has 6 rings (SSSR count). The summed E-state index contributed by atoms with van der Waals surface area (Å²) in [4.78, 5) is 57.0. The maximum absolute atomic E-state index is 13.3. The highest BCUT2D eigenvalue weighted by atomic mass is 16.7. The minimum Gasteiger partial charge on any atom is -0.508 e. The van der Waals surface area contributed by atoms with Gasteiger partial charge in [0.15, 0.2) is 5.43 Å². The van der Waals surface area contributed by atoms with Crippen LogP contribution in [0.3, 0.4) is 0 Å². The van der Waals surface area contributed by atoms with E-state index in [2.05, 4.69) is 10.3 Å². The normalized spacial score (nSPS) is 21.3. The number of phenolic OH excluding ortho intramolecular Hbond substituents is 1. The number of fused-ring (bicyclic) bond motifs is 2. The molecule has 16 heteroatoms. The van der Waals surface area contributed by atoms with E-state index in [1.165, 1.54) is 41.3 Å². The van der Waals surface area contributed by atoms with Crippen LogP contribution in [0.5, 0.6) is 11.5 Å². The van der Waals surface area contributed by atoms with Gasteiger partial charge in [-0.3, -0.25) is 10.1 Å². The number of hydrogen-bond donors (Lipinski definition) is 6. The second kappa shape index (κ2) is 14.2. The molecule has 0 bridgehead atoms. The summed E-state index contributed by atoms with van der Waals surface area (Å²) in [5.41, 5.74) is 1.35. The van der Waals surface area contributed by atoms with E-state index in [4.69, 9.17) is 23.5 Å². The quantitative estimate of drug-likeness (QED) is 0.0441. The molecule has 16 nitrogen and oxygen atoms in total. The molecule has 1 aliphatic rings. The summed E-state index contributed by atoms with van der Waals surface area (Å²) in [6.07, 6.45) is -0.840. The second-order valence-corrected chi connectivity index (χ2v) is 11.2. The summed E-state index contributed by atoms with van der Waals surface area (Å²) in [6, 6.07) is 10.4. The van der Waals surface area contributed by atoms with E-state index >= 15 is 0 Å². The number of ether oxygens (including phenoxy) is 3. The largest absolute Gasteiger partial charge is 0.508 e. The van der Waals surface area contributed by atoms with E-state index < -0.39 is 55.3 Å². The molecule has 0 radical (unpaired) electrons. The van der Waals surface area contributed by atoms with Gasteiger partial charge in [-0.05, 0) is 35.9 Å². The van der Waals surface area contributed by atoms with Crippen molar-refractivity contribution >= 4 is 40.1 Å². The SMILES string of the molecule is O=CCCN[C@@H](C(=O)O)C(=O)OC[C@@H]1O[C@H](Oc2ccc3c(=O)c(-c4ccc(O)cc4)coc3c2)[C@@H](On2cc3cc[nH]c3c2)[C@H](O)[C@H]1O. The number of carbonyl (C=O) groups is 3. The Balaban J connectivity index is 1.24. The van der Waals surface area contributed by atoms with Gasteiger partial charge in [-0.15, -0.1) is 0 Å². The Morgan fingerprint density at radius 1 is 1.08 bits per heavy atom. The first-order chi connectivity index (χ1) is 23.6.